The van der Waals surface area contributed by atoms with Crippen LogP contribution in [0.1, 0.15) is 45.6 Å². The molecule has 7 heteroatoms. The zero-order valence-corrected chi connectivity index (χ0v) is 18.9. The number of ether oxygens (including phenoxy) is 2. The first-order chi connectivity index (χ1) is 14.9. The van der Waals surface area contributed by atoms with Gasteiger partial charge in [0.25, 0.3) is 0 Å². The minimum absolute atomic E-state index is 0.219. The minimum atomic E-state index is -0.475. The monoisotopic (exact) mass is 426 g/mol. The van der Waals surface area contributed by atoms with Crippen LogP contribution in [0.15, 0.2) is 49.1 Å². The van der Waals surface area contributed by atoms with E-state index in [-0.39, 0.29) is 6.09 Å². The fourth-order valence-corrected chi connectivity index (χ4v) is 3.79. The predicted octanol–water partition coefficient (Wildman–Crippen LogP) is 4.15. The molecule has 0 aliphatic carbocycles. The highest BCUT2D eigenvalue weighted by molar-refractivity contribution is 5.68. The van der Waals surface area contributed by atoms with Crippen LogP contribution in [-0.2, 0) is 11.3 Å². The van der Waals surface area contributed by atoms with E-state index in [1.165, 1.54) is 0 Å². The smallest absolute Gasteiger partial charge is 0.410 e. The quantitative estimate of drug-likeness (QED) is 0.663. The van der Waals surface area contributed by atoms with Gasteiger partial charge >= 0.3 is 6.09 Å². The molecule has 1 aliphatic heterocycles. The molecule has 3 rings (SSSR count). The molecule has 0 N–H and O–H groups in total. The molecule has 2 heterocycles. The molecule has 1 amide bonds. The molecular formula is C24H34N4O3. The molecule has 1 aromatic carbocycles. The van der Waals surface area contributed by atoms with Crippen LogP contribution >= 0.6 is 0 Å². The summed E-state index contributed by atoms with van der Waals surface area (Å²) in [6, 6.07) is 10.2. The maximum Gasteiger partial charge on any atom is 0.410 e. The minimum Gasteiger partial charge on any atom is -0.492 e. The third kappa shape index (κ3) is 7.83. The van der Waals surface area contributed by atoms with E-state index in [0.29, 0.717) is 19.2 Å². The fraction of sp³-hybridized carbons (Fsp3) is 0.542. The number of likely N-dealkylation sites (tertiary alicyclic amines) is 1. The third-order valence-corrected chi connectivity index (χ3v) is 5.26. The van der Waals surface area contributed by atoms with E-state index in [2.05, 4.69) is 14.9 Å². The second-order valence-electron chi connectivity index (χ2n) is 8.93. The normalized spacial score (nSPS) is 17.3. The number of para-hydroxylation sites is 1. The number of rotatable bonds is 7. The lowest BCUT2D eigenvalue weighted by Crippen LogP contribution is -2.40. The molecule has 1 saturated heterocycles. The molecule has 2 aromatic rings. The van der Waals surface area contributed by atoms with Crippen molar-refractivity contribution in [2.24, 2.45) is 0 Å². The Balaban J connectivity index is 1.61. The lowest BCUT2D eigenvalue weighted by Gasteiger charge is -2.31. The van der Waals surface area contributed by atoms with Gasteiger partial charge in [0.2, 0.25) is 0 Å². The van der Waals surface area contributed by atoms with Crippen LogP contribution in [0, 0.1) is 0 Å². The Hall–Kier alpha value is -2.67. The summed E-state index contributed by atoms with van der Waals surface area (Å²) in [4.78, 5) is 25.1. The molecule has 1 atom stereocenters. The van der Waals surface area contributed by atoms with Crippen molar-refractivity contribution in [3.05, 3.63) is 54.6 Å². The summed E-state index contributed by atoms with van der Waals surface area (Å²) in [6.45, 7) is 9.29. The number of carbonyl (C=O) groups is 1. The molecule has 31 heavy (non-hydrogen) atoms. The lowest BCUT2D eigenvalue weighted by molar-refractivity contribution is 0.0251. The van der Waals surface area contributed by atoms with Gasteiger partial charge in [0.05, 0.1) is 0 Å². The number of hydrogen-bond acceptors (Lipinski definition) is 6. The zero-order chi connectivity index (χ0) is 22.1. The van der Waals surface area contributed by atoms with Crippen molar-refractivity contribution in [2.45, 2.75) is 58.2 Å². The van der Waals surface area contributed by atoms with Crippen molar-refractivity contribution < 1.29 is 14.3 Å². The van der Waals surface area contributed by atoms with Crippen LogP contribution in [0.25, 0.3) is 0 Å². The highest BCUT2D eigenvalue weighted by atomic mass is 16.6. The van der Waals surface area contributed by atoms with Crippen LogP contribution < -0.4 is 4.74 Å². The predicted molar refractivity (Wildman–Crippen MR) is 120 cm³/mol. The van der Waals surface area contributed by atoms with Crippen molar-refractivity contribution >= 4 is 6.09 Å². The van der Waals surface area contributed by atoms with Gasteiger partial charge in [-0.15, -0.1) is 0 Å². The van der Waals surface area contributed by atoms with Crippen molar-refractivity contribution in [1.82, 2.24) is 19.8 Å². The summed E-state index contributed by atoms with van der Waals surface area (Å²) in [5.74, 6) is 0.877. The van der Waals surface area contributed by atoms with E-state index in [1.807, 2.05) is 68.4 Å². The van der Waals surface area contributed by atoms with Gasteiger partial charge in [-0.3, -0.25) is 4.90 Å². The van der Waals surface area contributed by atoms with E-state index < -0.39 is 5.60 Å². The highest BCUT2D eigenvalue weighted by Gasteiger charge is 2.27. The van der Waals surface area contributed by atoms with Gasteiger partial charge in [0.15, 0.2) is 0 Å². The Kier molecular flexibility index (Phi) is 8.23. The topological polar surface area (TPSA) is 67.8 Å². The Morgan fingerprint density at radius 2 is 1.87 bits per heavy atom. The Bertz CT molecular complexity index is 795. The molecule has 1 unspecified atom stereocenters. The zero-order valence-electron chi connectivity index (χ0n) is 18.9. The molecule has 1 fully saturated rings. The first-order valence-corrected chi connectivity index (χ1v) is 11.0. The second-order valence-corrected chi connectivity index (χ2v) is 8.93. The van der Waals surface area contributed by atoms with Crippen molar-refractivity contribution in [3.63, 3.8) is 0 Å². The van der Waals surface area contributed by atoms with Crippen LogP contribution in [-0.4, -0.2) is 63.7 Å². The lowest BCUT2D eigenvalue weighted by atomic mass is 10.1. The molecule has 1 aliphatic rings. The van der Waals surface area contributed by atoms with E-state index in [9.17, 15) is 4.79 Å². The first-order valence-electron chi connectivity index (χ1n) is 11.0. The first kappa shape index (κ1) is 23.0. The SMILES string of the molecule is CC(C)(C)OC(=O)N1CCCC(N(CCOc2ccccc2)Cc2cncnc2)CC1. The van der Waals surface area contributed by atoms with E-state index in [4.69, 9.17) is 9.47 Å². The number of amides is 1. The Morgan fingerprint density at radius 1 is 1.13 bits per heavy atom. The van der Waals surface area contributed by atoms with Gasteiger partial charge in [0.1, 0.15) is 24.3 Å². The van der Waals surface area contributed by atoms with Crippen LogP contribution in [0.3, 0.4) is 0 Å². The maximum absolute atomic E-state index is 12.5. The fourth-order valence-electron chi connectivity index (χ4n) is 3.79. The number of nitrogens with zero attached hydrogens (tertiary/aromatic N) is 4. The molecule has 1 aromatic heterocycles. The van der Waals surface area contributed by atoms with Crippen molar-refractivity contribution in [2.75, 3.05) is 26.2 Å². The van der Waals surface area contributed by atoms with Gasteiger partial charge < -0.3 is 14.4 Å². The summed E-state index contributed by atoms with van der Waals surface area (Å²) >= 11 is 0. The van der Waals surface area contributed by atoms with E-state index >= 15 is 0 Å². The van der Waals surface area contributed by atoms with Crippen LogP contribution in [0.2, 0.25) is 0 Å². The van der Waals surface area contributed by atoms with Gasteiger partial charge in [-0.1, -0.05) is 18.2 Å². The summed E-state index contributed by atoms with van der Waals surface area (Å²) in [5, 5.41) is 0. The van der Waals surface area contributed by atoms with Crippen LogP contribution in [0.5, 0.6) is 5.75 Å². The molecule has 0 spiro atoms. The molecular weight excluding hydrogens is 392 g/mol. The summed E-state index contributed by atoms with van der Waals surface area (Å²) in [6.07, 6.45) is 7.94. The number of carbonyl (C=O) groups excluding carboxylic acids is 1. The molecule has 7 nitrogen and oxygen atoms in total. The molecule has 0 bridgehead atoms. The average molecular weight is 427 g/mol. The van der Waals surface area contributed by atoms with E-state index in [0.717, 1.165) is 50.2 Å². The Labute approximate surface area is 185 Å². The summed E-state index contributed by atoms with van der Waals surface area (Å²) < 4.78 is 11.5. The number of benzene rings is 1. The summed E-state index contributed by atoms with van der Waals surface area (Å²) in [5.41, 5.74) is 0.604. The van der Waals surface area contributed by atoms with Crippen LogP contribution in [0.4, 0.5) is 4.79 Å². The standard InChI is InChI=1S/C24H34N4O3/c1-24(2,3)31-23(29)27-12-7-8-21(11-13-27)28(18-20-16-25-19-26-17-20)14-15-30-22-9-5-4-6-10-22/h4-6,9-10,16-17,19,21H,7-8,11-15,18H2,1-3H3. The second kappa shape index (κ2) is 11.1. The van der Waals surface area contributed by atoms with Gasteiger partial charge in [0, 0.05) is 50.2 Å². The van der Waals surface area contributed by atoms with Gasteiger partial charge in [-0.05, 0) is 52.2 Å². The van der Waals surface area contributed by atoms with Gasteiger partial charge in [-0.2, -0.15) is 0 Å². The highest BCUT2D eigenvalue weighted by Crippen LogP contribution is 2.21. The average Bonchev–Trinajstić information content (AvgIpc) is 3.00. The maximum atomic E-state index is 12.5. The third-order valence-electron chi connectivity index (χ3n) is 5.26. The largest absolute Gasteiger partial charge is 0.492 e. The Morgan fingerprint density at radius 3 is 2.58 bits per heavy atom. The van der Waals surface area contributed by atoms with E-state index in [1.54, 1.807) is 6.33 Å². The van der Waals surface area contributed by atoms with Crippen molar-refractivity contribution in [1.29, 1.82) is 0 Å². The van der Waals surface area contributed by atoms with Crippen molar-refractivity contribution in [3.8, 4) is 5.75 Å². The number of aromatic nitrogens is 2. The summed E-state index contributed by atoms with van der Waals surface area (Å²) in [7, 11) is 0. The number of hydrogen-bond donors (Lipinski definition) is 0. The van der Waals surface area contributed by atoms with Gasteiger partial charge in [-0.25, -0.2) is 14.8 Å². The molecule has 0 saturated carbocycles. The molecule has 0 radical (unpaired) electrons. The molecule has 168 valence electrons.